The number of hydrogen-bond acceptors (Lipinski definition) is 4. The number of nitrogens with one attached hydrogen (secondary N) is 1. The fraction of sp³-hybridized carbons (Fsp3) is 0.375. The predicted octanol–water partition coefficient (Wildman–Crippen LogP) is 2.64. The van der Waals surface area contributed by atoms with Gasteiger partial charge >= 0.3 is 0 Å². The number of benzene rings is 1. The number of nitrogen functional groups attached to an aromatic ring is 1. The molecule has 0 unspecified atom stereocenters. The van der Waals surface area contributed by atoms with Crippen LogP contribution in [0.15, 0.2) is 30.5 Å². The summed E-state index contributed by atoms with van der Waals surface area (Å²) in [6.45, 7) is 6.99. The molecule has 0 saturated heterocycles. The molecule has 0 saturated carbocycles. The molecule has 5 heteroatoms. The molecule has 0 atom stereocenters. The zero-order valence-corrected chi connectivity index (χ0v) is 13.0. The van der Waals surface area contributed by atoms with Crippen LogP contribution in [0.2, 0.25) is 0 Å². The van der Waals surface area contributed by atoms with E-state index in [4.69, 9.17) is 5.84 Å². The number of hydrazine groups is 1. The van der Waals surface area contributed by atoms with Gasteiger partial charge in [-0.15, -0.1) is 0 Å². The number of nitrogens with zero attached hydrogens (tertiary/aromatic N) is 2. The molecule has 0 fully saturated rings. The Hall–Kier alpha value is -2.14. The highest BCUT2D eigenvalue weighted by atomic mass is 16.2. The number of hydrogen-bond donors (Lipinski definition) is 2. The van der Waals surface area contributed by atoms with E-state index in [0.29, 0.717) is 17.9 Å². The van der Waals surface area contributed by atoms with Gasteiger partial charge in [-0.1, -0.05) is 45.0 Å². The molecule has 1 heterocycles. The summed E-state index contributed by atoms with van der Waals surface area (Å²) in [6.07, 6.45) is 1.58. The summed E-state index contributed by atoms with van der Waals surface area (Å²) in [5.41, 5.74) is 3.21. The smallest absolute Gasteiger partial charge is 0.255 e. The Kier molecular flexibility index (Phi) is 4.14. The summed E-state index contributed by atoms with van der Waals surface area (Å²) in [5.74, 6) is 6.02. The lowest BCUT2D eigenvalue weighted by molar-refractivity contribution is 0.0747. The summed E-state index contributed by atoms with van der Waals surface area (Å²) in [5, 5.41) is 1.70. The van der Waals surface area contributed by atoms with Crippen LogP contribution >= 0.6 is 0 Å². The highest BCUT2D eigenvalue weighted by Gasteiger charge is 2.21. The normalized spacial score (nSPS) is 11.5. The minimum absolute atomic E-state index is 0.0304. The van der Waals surface area contributed by atoms with E-state index in [1.54, 1.807) is 11.1 Å². The lowest BCUT2D eigenvalue weighted by Crippen LogP contribution is -2.34. The van der Waals surface area contributed by atoms with Crippen molar-refractivity contribution < 1.29 is 4.79 Å². The monoisotopic (exact) mass is 286 g/mol. The van der Waals surface area contributed by atoms with Crippen molar-refractivity contribution in [1.82, 2.24) is 9.88 Å². The third-order valence-corrected chi connectivity index (χ3v) is 3.22. The number of amides is 1. The van der Waals surface area contributed by atoms with Crippen LogP contribution in [0.25, 0.3) is 10.8 Å². The van der Waals surface area contributed by atoms with Gasteiger partial charge in [0.25, 0.3) is 5.91 Å². The number of carbonyl (C=O) groups excluding carboxylic acids is 1. The average molecular weight is 286 g/mol. The van der Waals surface area contributed by atoms with E-state index in [9.17, 15) is 4.79 Å². The Morgan fingerprint density at radius 3 is 2.48 bits per heavy atom. The van der Waals surface area contributed by atoms with Gasteiger partial charge in [0.2, 0.25) is 0 Å². The second kappa shape index (κ2) is 5.69. The van der Waals surface area contributed by atoms with Crippen molar-refractivity contribution in [2.75, 3.05) is 19.0 Å². The summed E-state index contributed by atoms with van der Waals surface area (Å²) in [4.78, 5) is 18.6. The highest BCUT2D eigenvalue weighted by molar-refractivity contribution is 6.09. The van der Waals surface area contributed by atoms with Crippen molar-refractivity contribution in [1.29, 1.82) is 0 Å². The molecule has 3 N–H and O–H groups in total. The number of rotatable bonds is 3. The van der Waals surface area contributed by atoms with Gasteiger partial charge in [-0.3, -0.25) is 4.79 Å². The topological polar surface area (TPSA) is 71.2 Å². The number of nitrogens with two attached hydrogens (primary N) is 1. The molecule has 0 radical (unpaired) electrons. The molecule has 0 spiro atoms. The molecule has 112 valence electrons. The Balaban J connectivity index is 2.45. The molecule has 21 heavy (non-hydrogen) atoms. The molecule has 0 aliphatic heterocycles. The fourth-order valence-electron chi connectivity index (χ4n) is 2.47. The predicted molar refractivity (Wildman–Crippen MR) is 86.0 cm³/mol. The lowest BCUT2D eigenvalue weighted by atomic mass is 9.96. The molecule has 0 aliphatic carbocycles. The standard InChI is InChI=1S/C16H22N4O/c1-16(2,3)10-20(4)15(21)13-9-18-14(19-17)12-8-6-5-7-11(12)13/h5-9H,10,17H2,1-4H3,(H,18,19). The number of carbonyl (C=O) groups is 1. The van der Waals surface area contributed by atoms with Crippen molar-refractivity contribution >= 4 is 22.5 Å². The molecular formula is C16H22N4O. The van der Waals surface area contributed by atoms with E-state index >= 15 is 0 Å². The third-order valence-electron chi connectivity index (χ3n) is 3.22. The van der Waals surface area contributed by atoms with Crippen molar-refractivity contribution in [3.05, 3.63) is 36.0 Å². The van der Waals surface area contributed by atoms with Gasteiger partial charge in [0, 0.05) is 25.2 Å². The van der Waals surface area contributed by atoms with E-state index < -0.39 is 0 Å². The first-order valence-electron chi connectivity index (χ1n) is 6.93. The molecule has 0 aliphatic rings. The Bertz CT molecular complexity index is 661. The average Bonchev–Trinajstić information content (AvgIpc) is 2.43. The number of anilines is 1. The largest absolute Gasteiger partial charge is 0.341 e. The van der Waals surface area contributed by atoms with Crippen LogP contribution in [-0.4, -0.2) is 29.4 Å². The summed E-state index contributed by atoms with van der Waals surface area (Å²) < 4.78 is 0. The Labute approximate surface area is 125 Å². The zero-order valence-electron chi connectivity index (χ0n) is 13.0. The second-order valence-corrected chi connectivity index (χ2v) is 6.43. The molecule has 2 aromatic rings. The van der Waals surface area contributed by atoms with Crippen molar-refractivity contribution in [3.63, 3.8) is 0 Å². The molecule has 1 amide bonds. The minimum atomic E-state index is -0.0304. The number of aromatic nitrogens is 1. The SMILES string of the molecule is CN(CC(C)(C)C)C(=O)c1cnc(NN)c2ccccc12. The Morgan fingerprint density at radius 2 is 1.90 bits per heavy atom. The van der Waals surface area contributed by atoms with Gasteiger partial charge in [-0.05, 0) is 10.8 Å². The molecule has 1 aromatic carbocycles. The van der Waals surface area contributed by atoms with E-state index in [1.165, 1.54) is 0 Å². The van der Waals surface area contributed by atoms with Crippen LogP contribution in [0.3, 0.4) is 0 Å². The number of fused-ring (bicyclic) bond motifs is 1. The first-order chi connectivity index (χ1) is 9.83. The van der Waals surface area contributed by atoms with Gasteiger partial charge in [-0.2, -0.15) is 0 Å². The van der Waals surface area contributed by atoms with Gasteiger partial charge < -0.3 is 10.3 Å². The summed E-state index contributed by atoms with van der Waals surface area (Å²) >= 11 is 0. The second-order valence-electron chi connectivity index (χ2n) is 6.43. The fourth-order valence-corrected chi connectivity index (χ4v) is 2.47. The van der Waals surface area contributed by atoms with Crippen molar-refractivity contribution in [3.8, 4) is 0 Å². The molecule has 5 nitrogen and oxygen atoms in total. The molecule has 0 bridgehead atoms. The van der Waals surface area contributed by atoms with E-state index in [0.717, 1.165) is 10.8 Å². The van der Waals surface area contributed by atoms with E-state index in [2.05, 4.69) is 31.2 Å². The first kappa shape index (κ1) is 15.3. The van der Waals surface area contributed by atoms with E-state index in [1.807, 2.05) is 31.3 Å². The molecule has 2 rings (SSSR count). The van der Waals surface area contributed by atoms with Gasteiger partial charge in [-0.25, -0.2) is 10.8 Å². The maximum Gasteiger partial charge on any atom is 0.255 e. The molecular weight excluding hydrogens is 264 g/mol. The Morgan fingerprint density at radius 1 is 1.29 bits per heavy atom. The van der Waals surface area contributed by atoms with Crippen LogP contribution < -0.4 is 11.3 Å². The quantitative estimate of drug-likeness (QED) is 0.672. The highest BCUT2D eigenvalue weighted by Crippen LogP contribution is 2.25. The van der Waals surface area contributed by atoms with Crippen LogP contribution in [0.5, 0.6) is 0 Å². The summed E-state index contributed by atoms with van der Waals surface area (Å²) in [7, 11) is 1.82. The van der Waals surface area contributed by atoms with E-state index in [-0.39, 0.29) is 11.3 Å². The van der Waals surface area contributed by atoms with Gasteiger partial charge in [0.15, 0.2) is 0 Å². The van der Waals surface area contributed by atoms with Crippen LogP contribution in [0.4, 0.5) is 5.82 Å². The first-order valence-corrected chi connectivity index (χ1v) is 6.93. The zero-order chi connectivity index (χ0) is 15.6. The minimum Gasteiger partial charge on any atom is -0.341 e. The molecule has 1 aromatic heterocycles. The van der Waals surface area contributed by atoms with Crippen molar-refractivity contribution in [2.24, 2.45) is 11.3 Å². The maximum absolute atomic E-state index is 12.7. The lowest BCUT2D eigenvalue weighted by Gasteiger charge is -2.27. The summed E-state index contributed by atoms with van der Waals surface area (Å²) in [6, 6.07) is 7.62. The number of pyridine rings is 1. The van der Waals surface area contributed by atoms with Gasteiger partial charge in [0.05, 0.1) is 5.56 Å². The van der Waals surface area contributed by atoms with Crippen LogP contribution in [0.1, 0.15) is 31.1 Å². The van der Waals surface area contributed by atoms with Crippen LogP contribution in [-0.2, 0) is 0 Å². The van der Waals surface area contributed by atoms with Gasteiger partial charge in [0.1, 0.15) is 5.82 Å². The maximum atomic E-state index is 12.7. The van der Waals surface area contributed by atoms with Crippen molar-refractivity contribution in [2.45, 2.75) is 20.8 Å². The van der Waals surface area contributed by atoms with Crippen LogP contribution in [0, 0.1) is 5.41 Å². The third kappa shape index (κ3) is 3.31.